The summed E-state index contributed by atoms with van der Waals surface area (Å²) in [5.41, 5.74) is 1.89. The second kappa shape index (κ2) is 9.32. The summed E-state index contributed by atoms with van der Waals surface area (Å²) in [5.74, 6) is -1.22. The quantitative estimate of drug-likeness (QED) is 0.647. The lowest BCUT2D eigenvalue weighted by Gasteiger charge is -2.15. The zero-order valence-electron chi connectivity index (χ0n) is 16.8. The smallest absolute Gasteiger partial charge is 0.279 e. The van der Waals surface area contributed by atoms with E-state index in [0.29, 0.717) is 17.8 Å². The highest BCUT2D eigenvalue weighted by molar-refractivity contribution is 6.48. The third-order valence-electron chi connectivity index (χ3n) is 5.23. The molecule has 4 rings (SSSR count). The number of amides is 3. The van der Waals surface area contributed by atoms with Crippen molar-refractivity contribution in [3.63, 3.8) is 0 Å². The number of hydrogen-bond acceptors (Lipinski definition) is 5. The molecule has 2 aliphatic rings. The second-order valence-electron chi connectivity index (χ2n) is 7.42. The summed E-state index contributed by atoms with van der Waals surface area (Å²) in [5, 5.41) is 5.62. The Balaban J connectivity index is 1.38. The Morgan fingerprint density at radius 3 is 2.48 bits per heavy atom. The van der Waals surface area contributed by atoms with Gasteiger partial charge in [-0.15, -0.1) is 0 Å². The van der Waals surface area contributed by atoms with Crippen LogP contribution in [0, 0.1) is 0 Å². The zero-order valence-corrected chi connectivity index (χ0v) is 17.5. The first-order valence-electron chi connectivity index (χ1n) is 10.1. The highest BCUT2D eigenvalue weighted by atomic mass is 35.5. The third-order valence-corrected chi connectivity index (χ3v) is 5.58. The van der Waals surface area contributed by atoms with Gasteiger partial charge in [0.1, 0.15) is 10.7 Å². The minimum absolute atomic E-state index is 0.0261. The van der Waals surface area contributed by atoms with E-state index in [1.54, 1.807) is 24.3 Å². The molecule has 1 fully saturated rings. The van der Waals surface area contributed by atoms with E-state index in [4.69, 9.17) is 16.3 Å². The van der Waals surface area contributed by atoms with E-state index in [2.05, 4.69) is 10.6 Å². The van der Waals surface area contributed by atoms with Crippen LogP contribution in [-0.4, -0.2) is 41.9 Å². The normalized spacial score (nSPS) is 18.6. The summed E-state index contributed by atoms with van der Waals surface area (Å²) in [6, 6.07) is 15.8. The van der Waals surface area contributed by atoms with E-state index in [0.717, 1.165) is 29.9 Å². The van der Waals surface area contributed by atoms with Gasteiger partial charge < -0.3 is 15.4 Å². The molecule has 1 saturated heterocycles. The van der Waals surface area contributed by atoms with Crippen LogP contribution in [0.4, 0.5) is 5.69 Å². The van der Waals surface area contributed by atoms with Gasteiger partial charge in [0.05, 0.1) is 12.6 Å². The Kier molecular flexibility index (Phi) is 6.34. The average molecular weight is 440 g/mol. The van der Waals surface area contributed by atoms with Gasteiger partial charge in [-0.25, -0.2) is 0 Å². The first-order valence-corrected chi connectivity index (χ1v) is 10.5. The number of rotatable bonds is 7. The first kappa shape index (κ1) is 21.1. The molecule has 0 unspecified atom stereocenters. The lowest BCUT2D eigenvalue weighted by atomic mass is 10.1. The molecule has 2 aromatic rings. The predicted molar refractivity (Wildman–Crippen MR) is 116 cm³/mol. The molecule has 2 N–H and O–H groups in total. The largest absolute Gasteiger partial charge is 0.376 e. The number of imide groups is 1. The maximum atomic E-state index is 12.7. The zero-order chi connectivity index (χ0) is 21.8. The van der Waals surface area contributed by atoms with Gasteiger partial charge in [-0.05, 0) is 42.7 Å². The fourth-order valence-electron chi connectivity index (χ4n) is 3.53. The molecule has 0 spiro atoms. The number of carbonyl (C=O) groups excluding carboxylic acids is 3. The Hall–Kier alpha value is -3.16. The number of carbonyl (C=O) groups is 3. The number of ether oxygens (including phenoxy) is 1. The summed E-state index contributed by atoms with van der Waals surface area (Å²) in [6.07, 6.45) is 2.04. The van der Waals surface area contributed by atoms with E-state index in [1.807, 2.05) is 30.3 Å². The molecule has 0 radical (unpaired) electrons. The van der Waals surface area contributed by atoms with Crippen molar-refractivity contribution >= 4 is 35.0 Å². The Morgan fingerprint density at radius 2 is 1.81 bits per heavy atom. The van der Waals surface area contributed by atoms with Crippen molar-refractivity contribution in [2.24, 2.45) is 0 Å². The first-order chi connectivity index (χ1) is 15.0. The van der Waals surface area contributed by atoms with Crippen molar-refractivity contribution in [2.45, 2.75) is 25.5 Å². The second-order valence-corrected chi connectivity index (χ2v) is 7.80. The van der Waals surface area contributed by atoms with Crippen molar-refractivity contribution in [3.8, 4) is 0 Å². The highest BCUT2D eigenvalue weighted by Crippen LogP contribution is 2.27. The summed E-state index contributed by atoms with van der Waals surface area (Å²) in [6.45, 7) is 1.36. The molecule has 31 heavy (non-hydrogen) atoms. The number of halogens is 1. The van der Waals surface area contributed by atoms with Gasteiger partial charge >= 0.3 is 0 Å². The Morgan fingerprint density at radius 1 is 1.06 bits per heavy atom. The number of anilines is 1. The van der Waals surface area contributed by atoms with Crippen molar-refractivity contribution in [2.75, 3.05) is 18.5 Å². The Labute approximate surface area is 185 Å². The van der Waals surface area contributed by atoms with Crippen molar-refractivity contribution in [1.82, 2.24) is 10.2 Å². The lowest BCUT2D eigenvalue weighted by molar-refractivity contribution is -0.138. The summed E-state index contributed by atoms with van der Waals surface area (Å²) in [7, 11) is 0. The Bertz CT molecular complexity index is 1010. The monoisotopic (exact) mass is 439 g/mol. The van der Waals surface area contributed by atoms with Crippen molar-refractivity contribution < 1.29 is 19.1 Å². The minimum Gasteiger partial charge on any atom is -0.376 e. The molecule has 2 heterocycles. The molecule has 1 atom stereocenters. The number of nitrogens with one attached hydrogen (secondary N) is 2. The number of hydrogen-bond donors (Lipinski definition) is 2. The molecular weight excluding hydrogens is 418 g/mol. The average Bonchev–Trinajstić information content (AvgIpc) is 3.38. The predicted octanol–water partition coefficient (Wildman–Crippen LogP) is 3.03. The van der Waals surface area contributed by atoms with Gasteiger partial charge in [0.25, 0.3) is 17.7 Å². The number of benzene rings is 2. The molecule has 0 aliphatic carbocycles. The highest BCUT2D eigenvalue weighted by Gasteiger charge is 2.37. The third kappa shape index (κ3) is 4.78. The van der Waals surface area contributed by atoms with Crippen LogP contribution in [0.2, 0.25) is 0 Å². The van der Waals surface area contributed by atoms with Crippen LogP contribution in [0.1, 0.15) is 28.8 Å². The SMILES string of the molecule is O=C(NC[C@H]1CCCO1)c1ccc(NC2=C(Cl)C(=O)N(Cc3ccccc3)C2=O)cc1. The summed E-state index contributed by atoms with van der Waals surface area (Å²) in [4.78, 5) is 38.6. The maximum Gasteiger partial charge on any atom is 0.279 e. The number of nitrogens with zero attached hydrogens (tertiary/aromatic N) is 1. The molecule has 7 nitrogen and oxygen atoms in total. The van der Waals surface area contributed by atoms with E-state index in [1.165, 1.54) is 0 Å². The summed E-state index contributed by atoms with van der Waals surface area (Å²) >= 11 is 6.15. The molecular formula is C23H22ClN3O4. The summed E-state index contributed by atoms with van der Waals surface area (Å²) < 4.78 is 5.50. The standard InChI is InChI=1S/C23H22ClN3O4/c24-19-20(23(30)27(22(19)29)14-15-5-2-1-3-6-15)26-17-10-8-16(9-11-17)21(28)25-13-18-7-4-12-31-18/h1-3,5-6,8-11,18,26H,4,7,12-14H2,(H,25,28)/t18-/m1/s1. The molecule has 8 heteroatoms. The fraction of sp³-hybridized carbons (Fsp3) is 0.261. The fourth-order valence-corrected chi connectivity index (χ4v) is 3.76. The van der Waals surface area contributed by atoms with Gasteiger partial charge in [0, 0.05) is 24.4 Å². The molecule has 160 valence electrons. The van der Waals surface area contributed by atoms with Crippen LogP contribution in [0.3, 0.4) is 0 Å². The van der Waals surface area contributed by atoms with Crippen LogP contribution >= 0.6 is 11.6 Å². The molecule has 0 bridgehead atoms. The van der Waals surface area contributed by atoms with Gasteiger partial charge in [-0.3, -0.25) is 19.3 Å². The van der Waals surface area contributed by atoms with Gasteiger partial charge in [0.15, 0.2) is 0 Å². The van der Waals surface area contributed by atoms with Crippen LogP contribution in [0.15, 0.2) is 65.3 Å². The van der Waals surface area contributed by atoms with Gasteiger partial charge in [-0.2, -0.15) is 0 Å². The van der Waals surface area contributed by atoms with Gasteiger partial charge in [-0.1, -0.05) is 41.9 Å². The van der Waals surface area contributed by atoms with E-state index in [9.17, 15) is 14.4 Å². The molecule has 0 saturated carbocycles. The molecule has 2 aromatic carbocycles. The van der Waals surface area contributed by atoms with E-state index < -0.39 is 11.8 Å². The van der Waals surface area contributed by atoms with Crippen LogP contribution in [0.5, 0.6) is 0 Å². The molecule has 2 aliphatic heterocycles. The van der Waals surface area contributed by atoms with Crippen molar-refractivity contribution in [3.05, 3.63) is 76.5 Å². The lowest BCUT2D eigenvalue weighted by Crippen LogP contribution is -2.32. The minimum atomic E-state index is -0.539. The van der Waals surface area contributed by atoms with E-state index >= 15 is 0 Å². The van der Waals surface area contributed by atoms with Crippen LogP contribution < -0.4 is 10.6 Å². The van der Waals surface area contributed by atoms with E-state index in [-0.39, 0.29) is 29.3 Å². The van der Waals surface area contributed by atoms with Crippen LogP contribution in [-0.2, 0) is 20.9 Å². The van der Waals surface area contributed by atoms with Crippen molar-refractivity contribution in [1.29, 1.82) is 0 Å². The molecule has 0 aromatic heterocycles. The maximum absolute atomic E-state index is 12.7. The molecule has 3 amide bonds. The van der Waals surface area contributed by atoms with Gasteiger partial charge in [0.2, 0.25) is 0 Å². The topological polar surface area (TPSA) is 87.7 Å². The van der Waals surface area contributed by atoms with Crippen LogP contribution in [0.25, 0.3) is 0 Å².